The molecule has 0 amide bonds. The molecule has 7 rings (SSSR count). The largest absolute Gasteiger partial charge is 0.295 e. The van der Waals surface area contributed by atoms with Crippen molar-refractivity contribution in [3.8, 4) is 33.1 Å². The Labute approximate surface area is 234 Å². The number of piperazine rings is 1. The summed E-state index contributed by atoms with van der Waals surface area (Å²) in [6, 6.07) is 19.6. The van der Waals surface area contributed by atoms with Crippen LogP contribution >= 0.6 is 11.3 Å². The molecule has 1 saturated heterocycles. The summed E-state index contributed by atoms with van der Waals surface area (Å²) in [6.45, 7) is 9.18. The Morgan fingerprint density at radius 2 is 1.54 bits per heavy atom. The molecule has 2 aromatic carbocycles. The van der Waals surface area contributed by atoms with Crippen LogP contribution in [0.3, 0.4) is 0 Å². The number of aromatic nitrogens is 4. The third-order valence-corrected chi connectivity index (χ3v) is 9.48. The first-order valence-corrected chi connectivity index (χ1v) is 14.9. The summed E-state index contributed by atoms with van der Waals surface area (Å²) in [5.41, 5.74) is 11.5. The average molecular weight is 535 g/mol. The molecule has 4 aliphatic rings. The Hall–Kier alpha value is -3.55. The smallest absolute Gasteiger partial charge is 0.138 e. The molecular formula is C32H34N6S. The summed E-state index contributed by atoms with van der Waals surface area (Å²) in [6.07, 6.45) is 6.41. The van der Waals surface area contributed by atoms with E-state index in [2.05, 4.69) is 83.1 Å². The van der Waals surface area contributed by atoms with Gasteiger partial charge in [0.1, 0.15) is 22.7 Å². The first kappa shape index (κ1) is 24.5. The van der Waals surface area contributed by atoms with E-state index in [0.29, 0.717) is 0 Å². The van der Waals surface area contributed by atoms with Gasteiger partial charge in [-0.1, -0.05) is 54.6 Å². The predicted molar refractivity (Wildman–Crippen MR) is 159 cm³/mol. The normalized spacial score (nSPS) is 16.1. The third kappa shape index (κ3) is 4.53. The van der Waals surface area contributed by atoms with E-state index in [1.165, 1.54) is 56.8 Å². The molecule has 0 unspecified atom stereocenters. The molecule has 39 heavy (non-hydrogen) atoms. The molecule has 0 saturated carbocycles. The van der Waals surface area contributed by atoms with Crippen LogP contribution in [-0.2, 0) is 19.4 Å². The zero-order valence-electron chi connectivity index (χ0n) is 22.7. The number of thiazole rings is 1. The lowest BCUT2D eigenvalue weighted by atomic mass is 9.93. The van der Waals surface area contributed by atoms with E-state index in [4.69, 9.17) is 15.1 Å². The van der Waals surface area contributed by atoms with Crippen LogP contribution in [0.25, 0.3) is 33.1 Å². The molecule has 3 heterocycles. The molecule has 0 spiro atoms. The van der Waals surface area contributed by atoms with Crippen molar-refractivity contribution in [2.75, 3.05) is 31.2 Å². The van der Waals surface area contributed by atoms with Gasteiger partial charge in [0.05, 0.1) is 5.69 Å². The maximum atomic E-state index is 4.95. The fourth-order valence-corrected chi connectivity index (χ4v) is 7.17. The first-order valence-electron chi connectivity index (χ1n) is 14.1. The molecule has 2 aliphatic heterocycles. The van der Waals surface area contributed by atoms with Gasteiger partial charge in [-0.25, -0.2) is 9.97 Å². The van der Waals surface area contributed by atoms with E-state index in [1.807, 2.05) is 0 Å². The van der Waals surface area contributed by atoms with Crippen molar-refractivity contribution in [1.29, 1.82) is 0 Å². The second-order valence-corrected chi connectivity index (χ2v) is 12.0. The lowest BCUT2D eigenvalue weighted by Gasteiger charge is -2.37. The van der Waals surface area contributed by atoms with Crippen LogP contribution in [0, 0.1) is 13.8 Å². The Balaban J connectivity index is 1.10. The molecule has 3 aromatic rings. The Bertz CT molecular complexity index is 1540. The van der Waals surface area contributed by atoms with Crippen LogP contribution in [-0.4, -0.2) is 50.9 Å². The average Bonchev–Trinajstić information content (AvgIpc) is 3.50. The first-order chi connectivity index (χ1) is 19.2. The SMILES string of the molecule is Cc1nc(-c2c3ncnn(N4CCN(Cc5ccc(-c6ccccc6)cc5)CC4)c-3c3c2CCCC3)sc1C. The van der Waals surface area contributed by atoms with Crippen LogP contribution in [0.15, 0.2) is 60.9 Å². The Morgan fingerprint density at radius 3 is 2.26 bits per heavy atom. The zero-order chi connectivity index (χ0) is 26.3. The molecule has 198 valence electrons. The monoisotopic (exact) mass is 534 g/mol. The minimum absolute atomic E-state index is 0.948. The second kappa shape index (κ2) is 10.2. The second-order valence-electron chi connectivity index (χ2n) is 10.8. The molecule has 0 atom stereocenters. The highest BCUT2D eigenvalue weighted by molar-refractivity contribution is 7.15. The van der Waals surface area contributed by atoms with Crippen LogP contribution in [0.4, 0.5) is 0 Å². The van der Waals surface area contributed by atoms with E-state index in [9.17, 15) is 0 Å². The van der Waals surface area contributed by atoms with Crippen molar-refractivity contribution in [2.45, 2.75) is 46.1 Å². The molecule has 6 nitrogen and oxygen atoms in total. The molecule has 0 radical (unpaired) electrons. The summed E-state index contributed by atoms with van der Waals surface area (Å²) < 4.78 is 0. The van der Waals surface area contributed by atoms with Crippen molar-refractivity contribution in [1.82, 2.24) is 24.8 Å². The number of benzene rings is 2. The summed E-state index contributed by atoms with van der Waals surface area (Å²) in [5.74, 6) is 0. The van der Waals surface area contributed by atoms with Crippen molar-refractivity contribution in [2.24, 2.45) is 0 Å². The van der Waals surface area contributed by atoms with Gasteiger partial charge < -0.3 is 0 Å². The van der Waals surface area contributed by atoms with Crippen molar-refractivity contribution in [3.63, 3.8) is 0 Å². The molecule has 0 bridgehead atoms. The van der Waals surface area contributed by atoms with Gasteiger partial charge in [0, 0.05) is 43.2 Å². The van der Waals surface area contributed by atoms with Gasteiger partial charge in [0.15, 0.2) is 0 Å². The summed E-state index contributed by atoms with van der Waals surface area (Å²) >= 11 is 1.80. The van der Waals surface area contributed by atoms with Crippen LogP contribution in [0.2, 0.25) is 0 Å². The number of hydrogen-bond acceptors (Lipinski definition) is 6. The van der Waals surface area contributed by atoms with Crippen molar-refractivity contribution in [3.05, 3.63) is 88.2 Å². The lowest BCUT2D eigenvalue weighted by Crippen LogP contribution is -2.51. The fourth-order valence-electron chi connectivity index (χ4n) is 6.18. The molecule has 2 aliphatic carbocycles. The van der Waals surface area contributed by atoms with Crippen molar-refractivity contribution >= 4 is 11.3 Å². The third-order valence-electron chi connectivity index (χ3n) is 8.39. The van der Waals surface area contributed by atoms with Gasteiger partial charge in [-0.05, 0) is 67.3 Å². The molecule has 7 heteroatoms. The number of hydrogen-bond donors (Lipinski definition) is 0. The van der Waals surface area contributed by atoms with Gasteiger partial charge in [-0.15, -0.1) is 16.4 Å². The van der Waals surface area contributed by atoms with E-state index in [1.54, 1.807) is 17.7 Å². The summed E-state index contributed by atoms with van der Waals surface area (Å²) in [4.78, 5) is 15.8. The van der Waals surface area contributed by atoms with E-state index in [-0.39, 0.29) is 0 Å². The highest BCUT2D eigenvalue weighted by Gasteiger charge is 2.33. The Morgan fingerprint density at radius 1 is 0.821 bits per heavy atom. The summed E-state index contributed by atoms with van der Waals surface area (Å²) in [7, 11) is 0. The van der Waals surface area contributed by atoms with E-state index >= 15 is 0 Å². The minimum atomic E-state index is 0.948. The van der Waals surface area contributed by atoms with Gasteiger partial charge in [0.25, 0.3) is 0 Å². The number of fused-ring (bicyclic) bond motifs is 3. The molecule has 1 fully saturated rings. The van der Waals surface area contributed by atoms with Gasteiger partial charge in [-0.2, -0.15) is 4.79 Å². The van der Waals surface area contributed by atoms with Crippen LogP contribution in [0.5, 0.6) is 0 Å². The predicted octanol–water partition coefficient (Wildman–Crippen LogP) is 6.12. The maximum Gasteiger partial charge on any atom is 0.138 e. The molecule has 1 aromatic heterocycles. The number of rotatable bonds is 5. The quantitative estimate of drug-likeness (QED) is 0.272. The highest BCUT2D eigenvalue weighted by Crippen LogP contribution is 2.46. The fraction of sp³-hybridized carbons (Fsp3) is 0.344. The molecular weight excluding hydrogens is 500 g/mol. The topological polar surface area (TPSA) is 50.1 Å². The zero-order valence-corrected chi connectivity index (χ0v) is 23.5. The van der Waals surface area contributed by atoms with Gasteiger partial charge in [-0.3, -0.25) is 9.91 Å². The number of aryl methyl sites for hydroxylation is 2. The standard InChI is InChI=1S/C32H34N6S/c1-22-23(2)39-32(35-22)29-27-10-6-7-11-28(27)31-30(29)33-21-34-38(31)37-18-16-36(17-19-37)20-24-12-14-26(15-13-24)25-8-4-3-5-9-25/h3-5,8-9,12-15,21H,6-7,10-11,16-20H2,1-2H3. The maximum absolute atomic E-state index is 4.95. The Kier molecular flexibility index (Phi) is 6.41. The molecule has 0 N–H and O–H groups in total. The lowest BCUT2D eigenvalue weighted by molar-refractivity contribution is 0.228. The van der Waals surface area contributed by atoms with Crippen molar-refractivity contribution < 1.29 is 0 Å². The summed E-state index contributed by atoms with van der Waals surface area (Å²) in [5, 5.41) is 8.34. The van der Waals surface area contributed by atoms with E-state index < -0.39 is 0 Å². The van der Waals surface area contributed by atoms with Crippen LogP contribution < -0.4 is 5.01 Å². The highest BCUT2D eigenvalue weighted by atomic mass is 32.1. The van der Waals surface area contributed by atoms with Gasteiger partial charge in [0.2, 0.25) is 0 Å². The van der Waals surface area contributed by atoms with E-state index in [0.717, 1.165) is 62.0 Å². The minimum Gasteiger partial charge on any atom is -0.295 e. The van der Waals surface area contributed by atoms with Crippen LogP contribution in [0.1, 0.15) is 40.1 Å². The number of nitrogens with zero attached hydrogens (tertiary/aromatic N) is 6. The van der Waals surface area contributed by atoms with Gasteiger partial charge >= 0.3 is 0 Å².